The maximum absolute atomic E-state index is 14.1. The van der Waals surface area contributed by atoms with Crippen LogP contribution < -0.4 is 10.2 Å². The first-order valence-corrected chi connectivity index (χ1v) is 14.4. The number of benzene rings is 3. The Labute approximate surface area is 237 Å². The van der Waals surface area contributed by atoms with Crippen molar-refractivity contribution in [2.75, 3.05) is 30.4 Å². The first kappa shape index (κ1) is 26.4. The van der Waals surface area contributed by atoms with Crippen molar-refractivity contribution in [1.82, 2.24) is 4.90 Å². The van der Waals surface area contributed by atoms with Crippen LogP contribution in [0.1, 0.15) is 84.0 Å². The number of rotatable bonds is 4. The number of carboxylic acids is 1. The zero-order chi connectivity index (χ0) is 28.2. The van der Waals surface area contributed by atoms with E-state index >= 15 is 0 Å². The highest BCUT2D eigenvalue weighted by Crippen LogP contribution is 2.60. The molecule has 6 nitrogen and oxygen atoms in total. The summed E-state index contributed by atoms with van der Waals surface area (Å²) in [4.78, 5) is 29.8. The Morgan fingerprint density at radius 3 is 2.35 bits per heavy atom. The molecule has 1 aliphatic carbocycles. The number of hydrogen-bond donors (Lipinski definition) is 2. The minimum absolute atomic E-state index is 0.0303. The SMILES string of the molecule is CN1c2ccccc2NC1c1ccccc1C(=O)N1CCC2C(C)(C)[C@@H](c3ccc(C(=O)O)cc3)CC[C@]2(C)C1. The van der Waals surface area contributed by atoms with Gasteiger partial charge in [-0.25, -0.2) is 4.79 Å². The highest BCUT2D eigenvalue weighted by atomic mass is 16.4. The summed E-state index contributed by atoms with van der Waals surface area (Å²) in [7, 11) is 2.08. The number of nitrogens with zero attached hydrogens (tertiary/aromatic N) is 2. The molecule has 1 saturated heterocycles. The number of fused-ring (bicyclic) bond motifs is 2. The lowest BCUT2D eigenvalue weighted by molar-refractivity contribution is -0.0670. The van der Waals surface area contributed by atoms with Crippen LogP contribution in [0.4, 0.5) is 11.4 Å². The summed E-state index contributed by atoms with van der Waals surface area (Å²) in [6, 6.07) is 23.8. The van der Waals surface area contributed by atoms with E-state index in [1.165, 1.54) is 5.56 Å². The average molecular weight is 538 g/mol. The molecule has 4 atom stereocenters. The molecule has 1 saturated carbocycles. The molecule has 0 radical (unpaired) electrons. The number of para-hydroxylation sites is 2. The summed E-state index contributed by atoms with van der Waals surface area (Å²) in [5, 5.41) is 12.9. The molecule has 1 amide bonds. The Kier molecular flexibility index (Phi) is 6.40. The van der Waals surface area contributed by atoms with Gasteiger partial charge < -0.3 is 20.2 Å². The topological polar surface area (TPSA) is 72.9 Å². The molecule has 0 spiro atoms. The predicted molar refractivity (Wildman–Crippen MR) is 159 cm³/mol. The molecule has 3 aliphatic rings. The fourth-order valence-corrected chi connectivity index (χ4v) is 8.17. The van der Waals surface area contributed by atoms with E-state index in [2.05, 4.69) is 61.1 Å². The second-order valence-corrected chi connectivity index (χ2v) is 12.8. The minimum atomic E-state index is -0.888. The van der Waals surface area contributed by atoms with E-state index in [4.69, 9.17) is 0 Å². The van der Waals surface area contributed by atoms with Gasteiger partial charge in [-0.3, -0.25) is 4.79 Å². The molecule has 6 rings (SSSR count). The normalized spacial score (nSPS) is 26.9. The lowest BCUT2D eigenvalue weighted by Gasteiger charge is -2.59. The zero-order valence-corrected chi connectivity index (χ0v) is 23.9. The summed E-state index contributed by atoms with van der Waals surface area (Å²) in [5.74, 6) is 0.0579. The van der Waals surface area contributed by atoms with Gasteiger partial charge in [-0.15, -0.1) is 0 Å². The van der Waals surface area contributed by atoms with Crippen LogP contribution in [0, 0.1) is 16.7 Å². The molecule has 2 unspecified atom stereocenters. The molecule has 3 aromatic rings. The van der Waals surface area contributed by atoms with Crippen molar-refractivity contribution in [2.45, 2.75) is 52.1 Å². The van der Waals surface area contributed by atoms with Crippen molar-refractivity contribution in [2.24, 2.45) is 16.7 Å². The maximum Gasteiger partial charge on any atom is 0.335 e. The molecule has 2 aliphatic heterocycles. The molecule has 40 heavy (non-hydrogen) atoms. The Hall–Kier alpha value is -3.80. The minimum Gasteiger partial charge on any atom is -0.478 e. The molecule has 2 heterocycles. The zero-order valence-electron chi connectivity index (χ0n) is 23.9. The van der Waals surface area contributed by atoms with Crippen LogP contribution in [-0.4, -0.2) is 42.0 Å². The maximum atomic E-state index is 14.1. The molecule has 2 N–H and O–H groups in total. The quantitative estimate of drug-likeness (QED) is 0.374. The van der Waals surface area contributed by atoms with E-state index in [0.29, 0.717) is 17.4 Å². The fourth-order valence-electron chi connectivity index (χ4n) is 8.17. The van der Waals surface area contributed by atoms with Crippen molar-refractivity contribution in [1.29, 1.82) is 0 Å². The van der Waals surface area contributed by atoms with Crippen LogP contribution in [0.3, 0.4) is 0 Å². The summed E-state index contributed by atoms with van der Waals surface area (Å²) in [5.41, 5.74) is 5.62. The number of piperidine rings is 1. The van der Waals surface area contributed by atoms with Gasteiger partial charge in [-0.05, 0) is 77.8 Å². The van der Waals surface area contributed by atoms with Gasteiger partial charge in [-0.2, -0.15) is 0 Å². The Balaban J connectivity index is 1.22. The molecule has 6 heteroatoms. The highest BCUT2D eigenvalue weighted by Gasteiger charge is 2.54. The van der Waals surface area contributed by atoms with Crippen LogP contribution in [0.5, 0.6) is 0 Å². The van der Waals surface area contributed by atoms with Gasteiger partial charge in [-0.1, -0.05) is 63.2 Å². The molecule has 2 fully saturated rings. The molecular weight excluding hydrogens is 498 g/mol. The van der Waals surface area contributed by atoms with E-state index in [1.807, 2.05) is 42.5 Å². The van der Waals surface area contributed by atoms with Crippen molar-refractivity contribution < 1.29 is 14.7 Å². The molecule has 0 bridgehead atoms. The van der Waals surface area contributed by atoms with Gasteiger partial charge >= 0.3 is 5.97 Å². The lowest BCUT2D eigenvalue weighted by atomic mass is 9.49. The second kappa shape index (κ2) is 9.69. The second-order valence-electron chi connectivity index (χ2n) is 12.8. The van der Waals surface area contributed by atoms with E-state index in [-0.39, 0.29) is 22.9 Å². The van der Waals surface area contributed by atoms with Crippen molar-refractivity contribution in [3.8, 4) is 0 Å². The predicted octanol–water partition coefficient (Wildman–Crippen LogP) is 7.02. The van der Waals surface area contributed by atoms with Crippen LogP contribution in [0.15, 0.2) is 72.8 Å². The van der Waals surface area contributed by atoms with Gasteiger partial charge in [0, 0.05) is 31.3 Å². The van der Waals surface area contributed by atoms with E-state index in [0.717, 1.165) is 54.9 Å². The fraction of sp³-hybridized carbons (Fsp3) is 0.412. The van der Waals surface area contributed by atoms with E-state index in [9.17, 15) is 14.7 Å². The summed E-state index contributed by atoms with van der Waals surface area (Å²) in [6.07, 6.45) is 2.95. The van der Waals surface area contributed by atoms with Crippen molar-refractivity contribution >= 4 is 23.3 Å². The van der Waals surface area contributed by atoms with Gasteiger partial charge in [0.1, 0.15) is 6.17 Å². The van der Waals surface area contributed by atoms with Gasteiger partial charge in [0.2, 0.25) is 0 Å². The number of aromatic carboxylic acids is 1. The monoisotopic (exact) mass is 537 g/mol. The first-order valence-electron chi connectivity index (χ1n) is 14.4. The van der Waals surface area contributed by atoms with Crippen molar-refractivity contribution in [3.63, 3.8) is 0 Å². The third kappa shape index (κ3) is 4.25. The van der Waals surface area contributed by atoms with E-state index < -0.39 is 5.97 Å². The number of carboxylic acid groups (broad SMARTS) is 1. The molecule has 3 aromatic carbocycles. The van der Waals surface area contributed by atoms with E-state index in [1.54, 1.807) is 12.1 Å². The Morgan fingerprint density at radius 1 is 0.925 bits per heavy atom. The Bertz CT molecular complexity index is 1450. The van der Waals surface area contributed by atoms with Crippen LogP contribution in [0.25, 0.3) is 0 Å². The number of nitrogens with one attached hydrogen (secondary N) is 1. The highest BCUT2D eigenvalue weighted by molar-refractivity contribution is 5.96. The molecule has 208 valence electrons. The van der Waals surface area contributed by atoms with Gasteiger partial charge in [0.25, 0.3) is 5.91 Å². The summed E-state index contributed by atoms with van der Waals surface area (Å²) < 4.78 is 0. The summed E-state index contributed by atoms with van der Waals surface area (Å²) >= 11 is 0. The standard InChI is InChI=1S/C34H39N3O3/c1-33(2)26(22-13-15-23(16-14-22)32(39)40)17-19-34(3)21-37(20-18-29(33)34)31(38)25-10-6-5-9-24(25)30-35-27-11-7-8-12-28(27)36(30)4/h5-16,26,29-30,35H,17-21H2,1-4H3,(H,39,40)/t26-,29?,30?,34-/m1/s1. The smallest absolute Gasteiger partial charge is 0.335 e. The number of carbonyl (C=O) groups is 2. The summed E-state index contributed by atoms with van der Waals surface area (Å²) in [6.45, 7) is 8.62. The first-order chi connectivity index (χ1) is 19.1. The number of anilines is 2. The largest absolute Gasteiger partial charge is 0.478 e. The number of amides is 1. The van der Waals surface area contributed by atoms with Gasteiger partial charge in [0.05, 0.1) is 16.9 Å². The van der Waals surface area contributed by atoms with Gasteiger partial charge in [0.15, 0.2) is 0 Å². The molecule has 0 aromatic heterocycles. The van der Waals surface area contributed by atoms with Crippen LogP contribution in [-0.2, 0) is 0 Å². The lowest BCUT2D eigenvalue weighted by Crippen LogP contribution is -2.57. The van der Waals surface area contributed by atoms with Crippen LogP contribution >= 0.6 is 0 Å². The van der Waals surface area contributed by atoms with Crippen molar-refractivity contribution in [3.05, 3.63) is 95.1 Å². The number of likely N-dealkylation sites (tertiary alicyclic amines) is 1. The number of hydrogen-bond acceptors (Lipinski definition) is 4. The third-order valence-electron chi connectivity index (χ3n) is 10.2. The average Bonchev–Trinajstić information content (AvgIpc) is 3.28. The number of carbonyl (C=O) groups excluding carboxylic acids is 1. The van der Waals surface area contributed by atoms with Crippen LogP contribution in [0.2, 0.25) is 0 Å². The molecular formula is C34H39N3O3. The third-order valence-corrected chi connectivity index (χ3v) is 10.2. The Morgan fingerprint density at radius 2 is 1.62 bits per heavy atom.